The molecule has 1 aromatic heterocycles. The largest absolute Gasteiger partial charge is 0.493 e. The van der Waals surface area contributed by atoms with Crippen molar-refractivity contribution in [1.82, 2.24) is 9.97 Å². The van der Waals surface area contributed by atoms with Crippen LogP contribution in [0.15, 0.2) is 35.1 Å². The monoisotopic (exact) mass is 301 g/mol. The fourth-order valence-electron chi connectivity index (χ4n) is 1.99. The highest BCUT2D eigenvalue weighted by atomic mass is 16.5. The predicted molar refractivity (Wildman–Crippen MR) is 88.9 cm³/mol. The zero-order valence-corrected chi connectivity index (χ0v) is 13.3. The van der Waals surface area contributed by atoms with Gasteiger partial charge in [0.05, 0.1) is 6.61 Å². The van der Waals surface area contributed by atoms with Crippen LogP contribution in [-0.2, 0) is 6.42 Å². The van der Waals surface area contributed by atoms with Gasteiger partial charge in [-0.3, -0.25) is 9.78 Å². The first-order valence-corrected chi connectivity index (χ1v) is 7.67. The van der Waals surface area contributed by atoms with Crippen LogP contribution in [0.1, 0.15) is 32.9 Å². The van der Waals surface area contributed by atoms with Crippen LogP contribution in [0.25, 0.3) is 0 Å². The van der Waals surface area contributed by atoms with Crippen molar-refractivity contribution in [2.45, 2.75) is 33.6 Å². The maximum absolute atomic E-state index is 11.6. The molecule has 0 aliphatic heterocycles. The number of rotatable bonds is 7. The average molecular weight is 301 g/mol. The summed E-state index contributed by atoms with van der Waals surface area (Å²) < 4.78 is 5.64. The van der Waals surface area contributed by atoms with Gasteiger partial charge in [0.15, 0.2) is 0 Å². The summed E-state index contributed by atoms with van der Waals surface area (Å²) in [5.74, 6) is 1.79. The fourth-order valence-corrected chi connectivity index (χ4v) is 1.99. The fraction of sp³-hybridized carbons (Fsp3) is 0.412. The van der Waals surface area contributed by atoms with Crippen LogP contribution in [0, 0.1) is 5.92 Å². The van der Waals surface area contributed by atoms with E-state index < -0.39 is 0 Å². The molecule has 0 aliphatic carbocycles. The third kappa shape index (κ3) is 4.91. The van der Waals surface area contributed by atoms with E-state index in [0.717, 1.165) is 30.0 Å². The minimum absolute atomic E-state index is 0.141. The molecule has 0 fully saturated rings. The Kier molecular flexibility index (Phi) is 5.58. The van der Waals surface area contributed by atoms with E-state index >= 15 is 0 Å². The molecule has 22 heavy (non-hydrogen) atoms. The minimum atomic E-state index is -0.141. The summed E-state index contributed by atoms with van der Waals surface area (Å²) in [6.45, 7) is 6.98. The van der Waals surface area contributed by atoms with E-state index in [0.29, 0.717) is 18.5 Å². The first-order valence-electron chi connectivity index (χ1n) is 7.67. The molecule has 0 bridgehead atoms. The van der Waals surface area contributed by atoms with Crippen LogP contribution in [0.5, 0.6) is 5.75 Å². The van der Waals surface area contributed by atoms with Crippen molar-refractivity contribution in [2.75, 3.05) is 11.9 Å². The van der Waals surface area contributed by atoms with Crippen LogP contribution >= 0.6 is 0 Å². The third-order valence-corrected chi connectivity index (χ3v) is 3.00. The Morgan fingerprint density at radius 2 is 2.00 bits per heavy atom. The summed E-state index contributed by atoms with van der Waals surface area (Å²) in [6.07, 6.45) is 1.75. The number of aryl methyl sites for hydroxylation is 1. The Hall–Kier alpha value is -2.30. The van der Waals surface area contributed by atoms with E-state index in [4.69, 9.17) is 4.74 Å². The molecule has 0 saturated heterocycles. The molecule has 2 rings (SSSR count). The first-order chi connectivity index (χ1) is 10.6. The molecule has 5 nitrogen and oxygen atoms in total. The SMILES string of the molecule is CCCc1cc(=O)[nH]c(Nc2ccc(OCC(C)C)cc2)n1. The lowest BCUT2D eigenvalue weighted by atomic mass is 10.2. The van der Waals surface area contributed by atoms with Crippen molar-refractivity contribution in [2.24, 2.45) is 5.92 Å². The lowest BCUT2D eigenvalue weighted by molar-refractivity contribution is 0.271. The molecule has 1 heterocycles. The summed E-state index contributed by atoms with van der Waals surface area (Å²) in [4.78, 5) is 18.7. The second kappa shape index (κ2) is 7.64. The molecule has 0 radical (unpaired) electrons. The second-order valence-corrected chi connectivity index (χ2v) is 5.69. The predicted octanol–water partition coefficient (Wildman–Crippen LogP) is 3.50. The molecule has 0 amide bonds. The van der Waals surface area contributed by atoms with Crippen molar-refractivity contribution in [3.05, 3.63) is 46.4 Å². The molecule has 2 aromatic rings. The minimum Gasteiger partial charge on any atom is -0.493 e. The number of anilines is 2. The van der Waals surface area contributed by atoms with E-state index in [2.05, 4.69) is 36.1 Å². The molecule has 0 saturated carbocycles. The zero-order chi connectivity index (χ0) is 15.9. The van der Waals surface area contributed by atoms with E-state index in [1.807, 2.05) is 24.3 Å². The number of hydrogen-bond acceptors (Lipinski definition) is 4. The van der Waals surface area contributed by atoms with Crippen LogP contribution < -0.4 is 15.6 Å². The quantitative estimate of drug-likeness (QED) is 0.821. The van der Waals surface area contributed by atoms with Gasteiger partial charge in [0.25, 0.3) is 5.56 Å². The highest BCUT2D eigenvalue weighted by Gasteiger charge is 2.02. The topological polar surface area (TPSA) is 67.0 Å². The van der Waals surface area contributed by atoms with Crippen molar-refractivity contribution >= 4 is 11.6 Å². The summed E-state index contributed by atoms with van der Waals surface area (Å²) >= 11 is 0. The number of aromatic amines is 1. The molecule has 0 spiro atoms. The van der Waals surface area contributed by atoms with Crippen molar-refractivity contribution < 1.29 is 4.74 Å². The smallest absolute Gasteiger partial charge is 0.252 e. The second-order valence-electron chi connectivity index (χ2n) is 5.69. The summed E-state index contributed by atoms with van der Waals surface area (Å²) in [5, 5.41) is 3.11. The molecular formula is C17H23N3O2. The van der Waals surface area contributed by atoms with Gasteiger partial charge in [-0.05, 0) is 36.6 Å². The Morgan fingerprint density at radius 1 is 1.27 bits per heavy atom. The van der Waals surface area contributed by atoms with Crippen LogP contribution in [0.2, 0.25) is 0 Å². The van der Waals surface area contributed by atoms with E-state index in [1.165, 1.54) is 6.07 Å². The highest BCUT2D eigenvalue weighted by molar-refractivity contribution is 5.54. The van der Waals surface area contributed by atoms with Crippen LogP contribution in [-0.4, -0.2) is 16.6 Å². The van der Waals surface area contributed by atoms with Crippen molar-refractivity contribution in [3.8, 4) is 5.75 Å². The number of nitrogens with one attached hydrogen (secondary N) is 2. The number of aromatic nitrogens is 2. The molecule has 1 aromatic carbocycles. The van der Waals surface area contributed by atoms with Crippen molar-refractivity contribution in [3.63, 3.8) is 0 Å². The number of ether oxygens (including phenoxy) is 1. The maximum atomic E-state index is 11.6. The van der Waals surface area contributed by atoms with Gasteiger partial charge < -0.3 is 10.1 Å². The number of hydrogen-bond donors (Lipinski definition) is 2. The molecule has 0 unspecified atom stereocenters. The number of benzene rings is 1. The Labute approximate surface area is 130 Å². The van der Waals surface area contributed by atoms with Crippen LogP contribution in [0.4, 0.5) is 11.6 Å². The normalized spacial score (nSPS) is 10.7. The van der Waals surface area contributed by atoms with Gasteiger partial charge in [-0.25, -0.2) is 4.98 Å². The molecule has 2 N–H and O–H groups in total. The molecule has 0 atom stereocenters. The van der Waals surface area contributed by atoms with Gasteiger partial charge in [0.2, 0.25) is 5.95 Å². The van der Waals surface area contributed by atoms with Crippen LogP contribution in [0.3, 0.4) is 0 Å². The summed E-state index contributed by atoms with van der Waals surface area (Å²) in [5.41, 5.74) is 1.51. The molecular weight excluding hydrogens is 278 g/mol. The van der Waals surface area contributed by atoms with Gasteiger partial charge >= 0.3 is 0 Å². The standard InChI is InChI=1S/C17H23N3O2/c1-4-5-14-10-16(21)20-17(19-14)18-13-6-8-15(9-7-13)22-11-12(2)3/h6-10,12H,4-5,11H2,1-3H3,(H2,18,19,20,21). The lowest BCUT2D eigenvalue weighted by Gasteiger charge is -2.10. The molecule has 5 heteroatoms. The van der Waals surface area contributed by atoms with E-state index in [1.54, 1.807) is 0 Å². The number of nitrogens with zero attached hydrogens (tertiary/aromatic N) is 1. The average Bonchev–Trinajstić information content (AvgIpc) is 2.46. The summed E-state index contributed by atoms with van der Waals surface area (Å²) in [7, 11) is 0. The number of H-pyrrole nitrogens is 1. The van der Waals surface area contributed by atoms with Gasteiger partial charge in [0, 0.05) is 17.4 Å². The van der Waals surface area contributed by atoms with Gasteiger partial charge in [-0.2, -0.15) is 0 Å². The Morgan fingerprint density at radius 3 is 2.64 bits per heavy atom. The zero-order valence-electron chi connectivity index (χ0n) is 13.3. The highest BCUT2D eigenvalue weighted by Crippen LogP contribution is 2.18. The van der Waals surface area contributed by atoms with Gasteiger partial charge in [-0.1, -0.05) is 27.2 Å². The Bertz CT molecular complexity index is 648. The maximum Gasteiger partial charge on any atom is 0.252 e. The van der Waals surface area contributed by atoms with E-state index in [-0.39, 0.29) is 5.56 Å². The van der Waals surface area contributed by atoms with Crippen molar-refractivity contribution in [1.29, 1.82) is 0 Å². The third-order valence-electron chi connectivity index (χ3n) is 3.00. The Balaban J connectivity index is 2.05. The van der Waals surface area contributed by atoms with Gasteiger partial charge in [0.1, 0.15) is 5.75 Å². The summed E-state index contributed by atoms with van der Waals surface area (Å²) in [6, 6.07) is 9.15. The molecule has 118 valence electrons. The first kappa shape index (κ1) is 16.1. The van der Waals surface area contributed by atoms with E-state index in [9.17, 15) is 4.79 Å². The lowest BCUT2D eigenvalue weighted by Crippen LogP contribution is -2.12. The van der Waals surface area contributed by atoms with Gasteiger partial charge in [-0.15, -0.1) is 0 Å². The molecule has 0 aliphatic rings.